The largest absolute Gasteiger partial charge is 0.493 e. The van der Waals surface area contributed by atoms with Gasteiger partial charge in [-0.15, -0.1) is 0 Å². The lowest BCUT2D eigenvalue weighted by atomic mass is 10.1. The Morgan fingerprint density at radius 3 is 2.22 bits per heavy atom. The Labute approximate surface area is 162 Å². The molecule has 1 N–H and O–H groups in total. The summed E-state index contributed by atoms with van der Waals surface area (Å²) in [5.74, 6) is 1.79. The molecule has 0 aromatic heterocycles. The van der Waals surface area contributed by atoms with Crippen molar-refractivity contribution in [2.24, 2.45) is 0 Å². The predicted molar refractivity (Wildman–Crippen MR) is 112 cm³/mol. The van der Waals surface area contributed by atoms with Crippen molar-refractivity contribution in [3.8, 4) is 11.5 Å². The smallest absolute Gasteiger partial charge is 0.142 e. The molecule has 27 heavy (non-hydrogen) atoms. The van der Waals surface area contributed by atoms with E-state index in [1.807, 2.05) is 62.4 Å². The van der Waals surface area contributed by atoms with E-state index in [1.165, 1.54) is 5.56 Å². The van der Waals surface area contributed by atoms with Gasteiger partial charge in [-0.05, 0) is 37.6 Å². The Kier molecular flexibility index (Phi) is 6.75. The van der Waals surface area contributed by atoms with Gasteiger partial charge < -0.3 is 14.8 Å². The average molecular weight is 361 g/mol. The van der Waals surface area contributed by atoms with Gasteiger partial charge in [0, 0.05) is 18.5 Å². The zero-order chi connectivity index (χ0) is 18.9. The Hall–Kier alpha value is -2.94. The summed E-state index contributed by atoms with van der Waals surface area (Å²) >= 11 is 0. The SMILES string of the molecule is CC(C)Oc1ccccc1NCc1ccccc1OCCc1ccccc1. The number of para-hydroxylation sites is 3. The third kappa shape index (κ3) is 5.78. The first kappa shape index (κ1) is 18.8. The average Bonchev–Trinajstić information content (AvgIpc) is 2.69. The fraction of sp³-hybridized carbons (Fsp3) is 0.250. The van der Waals surface area contributed by atoms with Crippen LogP contribution in [0.5, 0.6) is 11.5 Å². The van der Waals surface area contributed by atoms with E-state index < -0.39 is 0 Å². The summed E-state index contributed by atoms with van der Waals surface area (Å²) in [4.78, 5) is 0. The number of benzene rings is 3. The van der Waals surface area contributed by atoms with E-state index in [0.29, 0.717) is 13.2 Å². The molecule has 0 saturated heterocycles. The van der Waals surface area contributed by atoms with Crippen molar-refractivity contribution in [1.29, 1.82) is 0 Å². The molecule has 3 aromatic rings. The van der Waals surface area contributed by atoms with E-state index >= 15 is 0 Å². The lowest BCUT2D eigenvalue weighted by Crippen LogP contribution is -2.09. The Morgan fingerprint density at radius 1 is 0.778 bits per heavy atom. The van der Waals surface area contributed by atoms with Gasteiger partial charge in [0.2, 0.25) is 0 Å². The minimum atomic E-state index is 0.140. The van der Waals surface area contributed by atoms with Crippen molar-refractivity contribution in [2.45, 2.75) is 32.9 Å². The lowest BCUT2D eigenvalue weighted by Gasteiger charge is -2.17. The molecule has 0 amide bonds. The molecule has 0 aliphatic heterocycles. The van der Waals surface area contributed by atoms with Crippen LogP contribution in [-0.4, -0.2) is 12.7 Å². The molecule has 0 saturated carbocycles. The van der Waals surface area contributed by atoms with Gasteiger partial charge in [0.15, 0.2) is 0 Å². The van der Waals surface area contributed by atoms with E-state index in [-0.39, 0.29) is 6.10 Å². The maximum atomic E-state index is 6.05. The maximum Gasteiger partial charge on any atom is 0.142 e. The Balaban J connectivity index is 1.61. The minimum absolute atomic E-state index is 0.140. The summed E-state index contributed by atoms with van der Waals surface area (Å²) in [6.07, 6.45) is 1.04. The van der Waals surface area contributed by atoms with Crippen LogP contribution < -0.4 is 14.8 Å². The molecule has 0 radical (unpaired) electrons. The number of rotatable bonds is 9. The molecular formula is C24H27NO2. The second-order valence-electron chi connectivity index (χ2n) is 6.71. The van der Waals surface area contributed by atoms with Crippen LogP contribution in [0.4, 0.5) is 5.69 Å². The summed E-state index contributed by atoms with van der Waals surface area (Å²) in [6, 6.07) is 26.6. The summed E-state index contributed by atoms with van der Waals surface area (Å²) in [5, 5.41) is 3.48. The van der Waals surface area contributed by atoms with E-state index in [9.17, 15) is 0 Å². The van der Waals surface area contributed by atoms with Crippen LogP contribution >= 0.6 is 0 Å². The van der Waals surface area contributed by atoms with Crippen LogP contribution in [-0.2, 0) is 13.0 Å². The van der Waals surface area contributed by atoms with E-state index in [2.05, 4.69) is 35.6 Å². The molecule has 3 rings (SSSR count). The highest BCUT2D eigenvalue weighted by Gasteiger charge is 2.07. The standard InChI is InChI=1S/C24H27NO2/c1-19(2)27-24-15-9-7-13-22(24)25-18-21-12-6-8-14-23(21)26-17-16-20-10-4-3-5-11-20/h3-15,19,25H,16-18H2,1-2H3. The molecule has 3 aromatic carbocycles. The lowest BCUT2D eigenvalue weighted by molar-refractivity contribution is 0.243. The van der Waals surface area contributed by atoms with Crippen molar-refractivity contribution in [3.63, 3.8) is 0 Å². The Bertz CT molecular complexity index is 831. The number of hydrogen-bond donors (Lipinski definition) is 1. The number of hydrogen-bond acceptors (Lipinski definition) is 3. The molecule has 0 aliphatic carbocycles. The minimum Gasteiger partial charge on any atom is -0.493 e. The molecule has 3 nitrogen and oxygen atoms in total. The Morgan fingerprint density at radius 2 is 1.44 bits per heavy atom. The van der Waals surface area contributed by atoms with E-state index in [1.54, 1.807) is 0 Å². The van der Waals surface area contributed by atoms with Crippen LogP contribution in [0.15, 0.2) is 78.9 Å². The monoisotopic (exact) mass is 361 g/mol. The fourth-order valence-electron chi connectivity index (χ4n) is 2.87. The van der Waals surface area contributed by atoms with Gasteiger partial charge in [0.25, 0.3) is 0 Å². The van der Waals surface area contributed by atoms with Gasteiger partial charge in [-0.1, -0.05) is 60.7 Å². The molecule has 3 heteroatoms. The normalized spacial score (nSPS) is 10.6. The topological polar surface area (TPSA) is 30.5 Å². The molecule has 0 unspecified atom stereocenters. The molecule has 0 atom stereocenters. The zero-order valence-corrected chi connectivity index (χ0v) is 16.0. The van der Waals surface area contributed by atoms with Gasteiger partial charge in [0.1, 0.15) is 11.5 Å². The van der Waals surface area contributed by atoms with Gasteiger partial charge >= 0.3 is 0 Å². The first-order valence-electron chi connectivity index (χ1n) is 9.46. The second-order valence-corrected chi connectivity index (χ2v) is 6.71. The highest BCUT2D eigenvalue weighted by atomic mass is 16.5. The zero-order valence-electron chi connectivity index (χ0n) is 16.0. The first-order chi connectivity index (χ1) is 13.2. The molecule has 0 heterocycles. The van der Waals surface area contributed by atoms with Crippen LogP contribution in [0.2, 0.25) is 0 Å². The van der Waals surface area contributed by atoms with Crippen molar-refractivity contribution in [2.75, 3.05) is 11.9 Å². The van der Waals surface area contributed by atoms with E-state index in [4.69, 9.17) is 9.47 Å². The van der Waals surface area contributed by atoms with Gasteiger partial charge in [-0.3, -0.25) is 0 Å². The molecule has 140 valence electrons. The number of ether oxygens (including phenoxy) is 2. The van der Waals surface area contributed by atoms with Crippen molar-refractivity contribution in [1.82, 2.24) is 0 Å². The van der Waals surface area contributed by atoms with Crippen molar-refractivity contribution in [3.05, 3.63) is 90.0 Å². The third-order valence-electron chi connectivity index (χ3n) is 4.18. The third-order valence-corrected chi connectivity index (χ3v) is 4.18. The van der Waals surface area contributed by atoms with Crippen molar-refractivity contribution < 1.29 is 9.47 Å². The molecule has 0 spiro atoms. The predicted octanol–water partition coefficient (Wildman–Crippen LogP) is 5.71. The van der Waals surface area contributed by atoms with Crippen LogP contribution in [0.25, 0.3) is 0 Å². The van der Waals surface area contributed by atoms with Crippen LogP contribution in [0, 0.1) is 0 Å². The van der Waals surface area contributed by atoms with Gasteiger partial charge in [-0.2, -0.15) is 0 Å². The highest BCUT2D eigenvalue weighted by Crippen LogP contribution is 2.27. The van der Waals surface area contributed by atoms with Crippen molar-refractivity contribution >= 4 is 5.69 Å². The maximum absolute atomic E-state index is 6.05. The first-order valence-corrected chi connectivity index (χ1v) is 9.46. The number of anilines is 1. The summed E-state index contributed by atoms with van der Waals surface area (Å²) in [5.41, 5.74) is 3.41. The van der Waals surface area contributed by atoms with E-state index in [0.717, 1.165) is 29.2 Å². The number of nitrogens with one attached hydrogen (secondary N) is 1. The summed E-state index contributed by atoms with van der Waals surface area (Å²) < 4.78 is 11.9. The second kappa shape index (κ2) is 9.67. The highest BCUT2D eigenvalue weighted by molar-refractivity contribution is 5.56. The molecular weight excluding hydrogens is 334 g/mol. The van der Waals surface area contributed by atoms with Gasteiger partial charge in [-0.25, -0.2) is 0 Å². The fourth-order valence-corrected chi connectivity index (χ4v) is 2.87. The molecule has 0 bridgehead atoms. The van der Waals surface area contributed by atoms with Gasteiger partial charge in [0.05, 0.1) is 18.4 Å². The summed E-state index contributed by atoms with van der Waals surface area (Å²) in [6.45, 7) is 5.41. The summed E-state index contributed by atoms with van der Waals surface area (Å²) in [7, 11) is 0. The van der Waals surface area contributed by atoms with Crippen LogP contribution in [0.3, 0.4) is 0 Å². The van der Waals surface area contributed by atoms with Crippen LogP contribution in [0.1, 0.15) is 25.0 Å². The quantitative estimate of drug-likeness (QED) is 0.530. The molecule has 0 fully saturated rings. The molecule has 0 aliphatic rings.